The average Bonchev–Trinajstić information content (AvgIpc) is 3.11. The van der Waals surface area contributed by atoms with E-state index < -0.39 is 5.76 Å². The number of carbonyl (C=O) groups excluding carboxylic acids is 1. The van der Waals surface area contributed by atoms with Crippen LogP contribution in [0.5, 0.6) is 0 Å². The molecule has 2 heterocycles. The van der Waals surface area contributed by atoms with Crippen molar-refractivity contribution in [3.63, 3.8) is 0 Å². The zero-order valence-electron chi connectivity index (χ0n) is 11.3. The van der Waals surface area contributed by atoms with Crippen LogP contribution >= 0.6 is 0 Å². The Morgan fingerprint density at radius 3 is 2.95 bits per heavy atom. The maximum Gasteiger partial charge on any atom is 0.417 e. The number of hydrogen-bond donors (Lipinski definition) is 3. The third kappa shape index (κ3) is 1.98. The number of fused-ring (bicyclic) bond motifs is 2. The van der Waals surface area contributed by atoms with Gasteiger partial charge in [-0.15, -0.1) is 0 Å². The summed E-state index contributed by atoms with van der Waals surface area (Å²) in [6, 6.07) is 12.4. The summed E-state index contributed by atoms with van der Waals surface area (Å²) in [6.07, 6.45) is 1.80. The molecule has 6 heteroatoms. The monoisotopic (exact) mass is 293 g/mol. The fraction of sp³-hybridized carbons (Fsp3) is 0. The number of H-pyrrole nitrogens is 2. The van der Waals surface area contributed by atoms with Crippen LogP contribution < -0.4 is 11.1 Å². The molecule has 3 N–H and O–H groups in total. The first-order valence-corrected chi connectivity index (χ1v) is 6.71. The molecule has 108 valence electrons. The largest absolute Gasteiger partial charge is 0.417 e. The highest BCUT2D eigenvalue weighted by Gasteiger charge is 2.11. The second kappa shape index (κ2) is 4.63. The van der Waals surface area contributed by atoms with Gasteiger partial charge >= 0.3 is 5.76 Å². The Labute approximate surface area is 123 Å². The quantitative estimate of drug-likeness (QED) is 0.530. The number of benzene rings is 2. The molecule has 0 saturated heterocycles. The molecule has 4 aromatic rings. The number of aromatic nitrogens is 2. The molecule has 6 nitrogen and oxygen atoms in total. The second-order valence-electron chi connectivity index (χ2n) is 4.93. The Kier molecular flexibility index (Phi) is 2.62. The second-order valence-corrected chi connectivity index (χ2v) is 4.93. The highest BCUT2D eigenvalue weighted by atomic mass is 16.4. The molecule has 0 bridgehead atoms. The molecule has 22 heavy (non-hydrogen) atoms. The molecule has 0 radical (unpaired) electrons. The number of carbonyl (C=O) groups is 1. The first-order chi connectivity index (χ1) is 10.7. The van der Waals surface area contributed by atoms with Crippen molar-refractivity contribution in [2.75, 3.05) is 5.32 Å². The Morgan fingerprint density at radius 1 is 1.14 bits per heavy atom. The van der Waals surface area contributed by atoms with E-state index in [2.05, 4.69) is 15.3 Å². The van der Waals surface area contributed by atoms with Gasteiger partial charge in [0.15, 0.2) is 5.58 Å². The lowest BCUT2D eigenvalue weighted by Gasteiger charge is -2.06. The van der Waals surface area contributed by atoms with Gasteiger partial charge in [-0.2, -0.15) is 0 Å². The average molecular weight is 293 g/mol. The van der Waals surface area contributed by atoms with Crippen LogP contribution in [0.4, 0.5) is 5.69 Å². The molecular weight excluding hydrogens is 282 g/mol. The maximum atomic E-state index is 12.4. The van der Waals surface area contributed by atoms with E-state index >= 15 is 0 Å². The van der Waals surface area contributed by atoms with Crippen LogP contribution in [0, 0.1) is 0 Å². The molecule has 0 aliphatic heterocycles. The van der Waals surface area contributed by atoms with E-state index in [4.69, 9.17) is 4.42 Å². The standard InChI is InChI=1S/C16H11N3O3/c20-15(11-3-1-2-9-6-7-17-14(9)11)18-10-4-5-13-12(8-10)19-16(21)22-13/h1-8,17H,(H,18,20)(H,19,21). The Morgan fingerprint density at radius 2 is 2.05 bits per heavy atom. The third-order valence-corrected chi connectivity index (χ3v) is 3.51. The van der Waals surface area contributed by atoms with Crippen molar-refractivity contribution in [1.82, 2.24) is 9.97 Å². The van der Waals surface area contributed by atoms with Gasteiger partial charge in [0.2, 0.25) is 0 Å². The van der Waals surface area contributed by atoms with Gasteiger partial charge in [-0.25, -0.2) is 4.79 Å². The summed E-state index contributed by atoms with van der Waals surface area (Å²) in [7, 11) is 0. The Balaban J connectivity index is 1.70. The van der Waals surface area contributed by atoms with Gasteiger partial charge < -0.3 is 14.7 Å². The van der Waals surface area contributed by atoms with E-state index in [0.717, 1.165) is 10.9 Å². The molecule has 0 saturated carbocycles. The zero-order valence-corrected chi connectivity index (χ0v) is 11.3. The molecule has 4 rings (SSSR count). The van der Waals surface area contributed by atoms with Gasteiger partial charge in [-0.3, -0.25) is 9.78 Å². The van der Waals surface area contributed by atoms with Crippen molar-refractivity contribution in [3.05, 3.63) is 64.8 Å². The van der Waals surface area contributed by atoms with E-state index in [-0.39, 0.29) is 5.91 Å². The minimum atomic E-state index is -0.519. The Hall–Kier alpha value is -3.28. The van der Waals surface area contributed by atoms with Crippen LogP contribution in [0.25, 0.3) is 22.0 Å². The predicted molar refractivity (Wildman–Crippen MR) is 83.1 cm³/mol. The van der Waals surface area contributed by atoms with Crippen LogP contribution in [0.15, 0.2) is 57.9 Å². The number of anilines is 1. The number of hydrogen-bond acceptors (Lipinski definition) is 3. The molecule has 0 atom stereocenters. The highest BCUT2D eigenvalue weighted by molar-refractivity contribution is 6.12. The molecule has 2 aromatic carbocycles. The van der Waals surface area contributed by atoms with Gasteiger partial charge in [0.05, 0.1) is 16.6 Å². The van der Waals surface area contributed by atoms with Gasteiger partial charge in [0, 0.05) is 17.3 Å². The van der Waals surface area contributed by atoms with E-state index in [1.54, 1.807) is 30.5 Å². The predicted octanol–water partition coefficient (Wildman–Crippen LogP) is 2.85. The van der Waals surface area contributed by atoms with E-state index in [1.165, 1.54) is 0 Å². The molecule has 0 aliphatic rings. The molecule has 0 aliphatic carbocycles. The summed E-state index contributed by atoms with van der Waals surface area (Å²) >= 11 is 0. The lowest BCUT2D eigenvalue weighted by molar-refractivity contribution is 0.102. The van der Waals surface area contributed by atoms with Crippen LogP contribution in [-0.4, -0.2) is 15.9 Å². The molecular formula is C16H11N3O3. The van der Waals surface area contributed by atoms with Crippen LogP contribution in [-0.2, 0) is 0 Å². The van der Waals surface area contributed by atoms with E-state index in [1.807, 2.05) is 18.2 Å². The van der Waals surface area contributed by atoms with Crippen LogP contribution in [0.2, 0.25) is 0 Å². The first-order valence-electron chi connectivity index (χ1n) is 6.71. The Bertz CT molecular complexity index is 1060. The van der Waals surface area contributed by atoms with E-state index in [9.17, 15) is 9.59 Å². The fourth-order valence-electron chi connectivity index (χ4n) is 2.50. The van der Waals surface area contributed by atoms with Crippen LogP contribution in [0.1, 0.15) is 10.4 Å². The van der Waals surface area contributed by atoms with Crippen molar-refractivity contribution in [2.45, 2.75) is 0 Å². The van der Waals surface area contributed by atoms with Gasteiger partial charge in [0.1, 0.15) is 0 Å². The molecule has 1 amide bonds. The van der Waals surface area contributed by atoms with Gasteiger partial charge in [-0.05, 0) is 30.3 Å². The molecule has 0 fully saturated rings. The topological polar surface area (TPSA) is 90.9 Å². The summed E-state index contributed by atoms with van der Waals surface area (Å²) in [4.78, 5) is 29.2. The summed E-state index contributed by atoms with van der Waals surface area (Å²) < 4.78 is 4.93. The first kappa shape index (κ1) is 12.5. The zero-order chi connectivity index (χ0) is 15.1. The summed E-state index contributed by atoms with van der Waals surface area (Å²) in [5.74, 6) is -0.743. The van der Waals surface area contributed by atoms with Gasteiger partial charge in [0.25, 0.3) is 5.91 Å². The van der Waals surface area contributed by atoms with Crippen molar-refractivity contribution in [2.24, 2.45) is 0 Å². The fourth-order valence-corrected chi connectivity index (χ4v) is 2.50. The number of amides is 1. The summed E-state index contributed by atoms with van der Waals surface area (Å²) in [5.41, 5.74) is 2.93. The smallest absolute Gasteiger partial charge is 0.408 e. The normalized spacial score (nSPS) is 11.1. The molecule has 0 unspecified atom stereocenters. The highest BCUT2D eigenvalue weighted by Crippen LogP contribution is 2.20. The number of para-hydroxylation sites is 1. The summed E-state index contributed by atoms with van der Waals surface area (Å²) in [5, 5.41) is 3.79. The third-order valence-electron chi connectivity index (χ3n) is 3.51. The van der Waals surface area contributed by atoms with Crippen molar-refractivity contribution < 1.29 is 9.21 Å². The minimum Gasteiger partial charge on any atom is -0.408 e. The number of aromatic amines is 2. The molecule has 0 spiro atoms. The number of oxazole rings is 1. The minimum absolute atomic E-state index is 0.224. The van der Waals surface area contributed by atoms with Crippen LogP contribution in [0.3, 0.4) is 0 Å². The van der Waals surface area contributed by atoms with Gasteiger partial charge in [-0.1, -0.05) is 12.1 Å². The van der Waals surface area contributed by atoms with Crippen molar-refractivity contribution in [1.29, 1.82) is 0 Å². The lowest BCUT2D eigenvalue weighted by atomic mass is 10.1. The number of nitrogens with one attached hydrogen (secondary N) is 3. The summed E-state index contributed by atoms with van der Waals surface area (Å²) in [6.45, 7) is 0. The number of rotatable bonds is 2. The van der Waals surface area contributed by atoms with Crippen molar-refractivity contribution in [3.8, 4) is 0 Å². The maximum absolute atomic E-state index is 12.4. The SMILES string of the molecule is O=C(Nc1ccc2oc(=O)[nH]c2c1)c1cccc2cc[nH]c12. The van der Waals surface area contributed by atoms with Crippen molar-refractivity contribution >= 4 is 33.6 Å². The van der Waals surface area contributed by atoms with E-state index in [0.29, 0.717) is 22.4 Å². The molecule has 2 aromatic heterocycles. The lowest BCUT2D eigenvalue weighted by Crippen LogP contribution is -2.12.